The van der Waals surface area contributed by atoms with Gasteiger partial charge < -0.3 is 15.5 Å². The lowest BCUT2D eigenvalue weighted by Crippen LogP contribution is -2.14. The second-order valence-electron chi connectivity index (χ2n) is 8.28. The van der Waals surface area contributed by atoms with Crippen molar-refractivity contribution in [2.24, 2.45) is 0 Å². The molecule has 0 atom stereocenters. The van der Waals surface area contributed by atoms with Crippen LogP contribution in [0, 0.1) is 0 Å². The summed E-state index contributed by atoms with van der Waals surface area (Å²) in [5.74, 6) is -0.192. The molecule has 5 heteroatoms. The van der Waals surface area contributed by atoms with Crippen molar-refractivity contribution in [2.75, 3.05) is 29.6 Å². The number of pyridine rings is 1. The third-order valence-electron chi connectivity index (χ3n) is 4.66. The van der Waals surface area contributed by atoms with Crippen LogP contribution < -0.4 is 15.5 Å². The van der Waals surface area contributed by atoms with Gasteiger partial charge in [-0.05, 0) is 47.4 Å². The molecule has 1 amide bonds. The zero-order chi connectivity index (χ0) is 21.0. The molecule has 0 aliphatic heterocycles. The molecule has 3 rings (SSSR count). The summed E-state index contributed by atoms with van der Waals surface area (Å²) in [6.45, 7) is 6.53. The molecule has 1 aromatic heterocycles. The lowest BCUT2D eigenvalue weighted by Gasteiger charge is -2.23. The number of carbonyl (C=O) groups is 1. The van der Waals surface area contributed by atoms with E-state index in [0.717, 1.165) is 22.7 Å². The average molecular weight is 389 g/mol. The standard InChI is InChI=1S/C24H28N4O/c1-24(2,3)21-8-6-7-9-22(21)26-19-14-17(15-25-16-19)23(29)27-18-10-12-20(13-11-18)28(4)5/h6-16,26H,1-5H3,(H,27,29). The van der Waals surface area contributed by atoms with E-state index in [1.54, 1.807) is 12.4 Å². The molecule has 0 spiro atoms. The molecule has 0 unspecified atom stereocenters. The number of amides is 1. The number of benzene rings is 2. The first-order valence-corrected chi connectivity index (χ1v) is 9.64. The fraction of sp³-hybridized carbons (Fsp3) is 0.250. The fourth-order valence-corrected chi connectivity index (χ4v) is 3.08. The minimum absolute atomic E-state index is 0.00469. The van der Waals surface area contributed by atoms with E-state index >= 15 is 0 Å². The van der Waals surface area contributed by atoms with Crippen molar-refractivity contribution in [2.45, 2.75) is 26.2 Å². The molecule has 0 aliphatic rings. The molecule has 0 fully saturated rings. The second-order valence-corrected chi connectivity index (χ2v) is 8.28. The summed E-state index contributed by atoms with van der Waals surface area (Å²) in [6, 6.07) is 17.7. The molecule has 5 nitrogen and oxygen atoms in total. The first-order chi connectivity index (χ1) is 13.7. The number of nitrogens with zero attached hydrogens (tertiary/aromatic N) is 2. The molecular formula is C24H28N4O. The molecule has 150 valence electrons. The van der Waals surface area contributed by atoms with Gasteiger partial charge in [0.05, 0.1) is 17.4 Å². The van der Waals surface area contributed by atoms with E-state index in [4.69, 9.17) is 0 Å². The van der Waals surface area contributed by atoms with Gasteiger partial charge in [0.15, 0.2) is 0 Å². The van der Waals surface area contributed by atoms with E-state index in [1.807, 2.05) is 67.5 Å². The molecule has 0 saturated heterocycles. The number of hydrogen-bond acceptors (Lipinski definition) is 4. The first-order valence-electron chi connectivity index (χ1n) is 9.64. The van der Waals surface area contributed by atoms with Crippen molar-refractivity contribution in [3.8, 4) is 0 Å². The number of nitrogens with one attached hydrogen (secondary N) is 2. The van der Waals surface area contributed by atoms with Gasteiger partial charge in [0, 0.05) is 37.4 Å². The fourth-order valence-electron chi connectivity index (χ4n) is 3.08. The number of aromatic nitrogens is 1. The maximum atomic E-state index is 12.7. The van der Waals surface area contributed by atoms with Gasteiger partial charge in [-0.1, -0.05) is 39.0 Å². The van der Waals surface area contributed by atoms with Gasteiger partial charge in [-0.2, -0.15) is 0 Å². The molecule has 0 bridgehead atoms. The third kappa shape index (κ3) is 5.13. The van der Waals surface area contributed by atoms with Crippen LogP contribution in [-0.2, 0) is 5.41 Å². The predicted molar refractivity (Wildman–Crippen MR) is 121 cm³/mol. The van der Waals surface area contributed by atoms with Crippen molar-refractivity contribution in [3.63, 3.8) is 0 Å². The largest absolute Gasteiger partial charge is 0.378 e. The molecule has 29 heavy (non-hydrogen) atoms. The van der Waals surface area contributed by atoms with Crippen LogP contribution >= 0.6 is 0 Å². The SMILES string of the molecule is CN(C)c1ccc(NC(=O)c2cncc(Nc3ccccc3C(C)(C)C)c2)cc1. The summed E-state index contributed by atoms with van der Waals surface area (Å²) in [5.41, 5.74) is 5.32. The second kappa shape index (κ2) is 8.35. The number of para-hydroxylation sites is 1. The molecule has 3 aromatic rings. The van der Waals surface area contributed by atoms with E-state index in [-0.39, 0.29) is 11.3 Å². The Morgan fingerprint density at radius 1 is 0.931 bits per heavy atom. The highest BCUT2D eigenvalue weighted by Crippen LogP contribution is 2.31. The van der Waals surface area contributed by atoms with Gasteiger partial charge >= 0.3 is 0 Å². The normalized spacial score (nSPS) is 11.1. The Morgan fingerprint density at radius 3 is 2.28 bits per heavy atom. The van der Waals surface area contributed by atoms with E-state index in [2.05, 4.69) is 42.5 Å². The van der Waals surface area contributed by atoms with Gasteiger partial charge in [-0.15, -0.1) is 0 Å². The summed E-state index contributed by atoms with van der Waals surface area (Å²) < 4.78 is 0. The predicted octanol–water partition coefficient (Wildman–Crippen LogP) is 5.44. The molecule has 2 aromatic carbocycles. The van der Waals surface area contributed by atoms with Crippen LogP contribution in [0.25, 0.3) is 0 Å². The van der Waals surface area contributed by atoms with Gasteiger partial charge in [0.25, 0.3) is 5.91 Å². The summed E-state index contributed by atoms with van der Waals surface area (Å²) >= 11 is 0. The number of carbonyl (C=O) groups excluding carboxylic acids is 1. The number of anilines is 4. The highest BCUT2D eigenvalue weighted by atomic mass is 16.1. The average Bonchev–Trinajstić information content (AvgIpc) is 2.68. The minimum atomic E-state index is -0.192. The van der Waals surface area contributed by atoms with Crippen LogP contribution in [-0.4, -0.2) is 25.0 Å². The van der Waals surface area contributed by atoms with Crippen molar-refractivity contribution >= 4 is 28.7 Å². The molecule has 0 radical (unpaired) electrons. The van der Waals surface area contributed by atoms with Crippen LogP contribution in [0.2, 0.25) is 0 Å². The first kappa shape index (κ1) is 20.4. The van der Waals surface area contributed by atoms with Crippen LogP contribution in [0.1, 0.15) is 36.7 Å². The van der Waals surface area contributed by atoms with Gasteiger partial charge in [-0.3, -0.25) is 9.78 Å². The highest BCUT2D eigenvalue weighted by molar-refractivity contribution is 6.04. The molecule has 0 saturated carbocycles. The van der Waals surface area contributed by atoms with Crippen molar-refractivity contribution in [3.05, 3.63) is 78.1 Å². The summed E-state index contributed by atoms with van der Waals surface area (Å²) in [4.78, 5) is 18.9. The van der Waals surface area contributed by atoms with Crippen molar-refractivity contribution in [1.29, 1.82) is 0 Å². The number of hydrogen-bond donors (Lipinski definition) is 2. The maximum Gasteiger partial charge on any atom is 0.257 e. The van der Waals surface area contributed by atoms with Gasteiger partial charge in [0.1, 0.15) is 0 Å². The Morgan fingerprint density at radius 2 is 1.62 bits per heavy atom. The lowest BCUT2D eigenvalue weighted by atomic mass is 9.86. The number of rotatable bonds is 5. The smallest absolute Gasteiger partial charge is 0.257 e. The zero-order valence-corrected chi connectivity index (χ0v) is 17.7. The van der Waals surface area contributed by atoms with Crippen LogP contribution in [0.15, 0.2) is 67.0 Å². The van der Waals surface area contributed by atoms with Gasteiger partial charge in [-0.25, -0.2) is 0 Å². The maximum absolute atomic E-state index is 12.7. The van der Waals surface area contributed by atoms with E-state index in [1.165, 1.54) is 5.56 Å². The summed E-state index contributed by atoms with van der Waals surface area (Å²) in [7, 11) is 3.96. The molecule has 2 N–H and O–H groups in total. The Labute approximate surface area is 172 Å². The Balaban J connectivity index is 1.77. The highest BCUT2D eigenvalue weighted by Gasteiger charge is 2.17. The van der Waals surface area contributed by atoms with Crippen LogP contribution in [0.5, 0.6) is 0 Å². The monoisotopic (exact) mass is 388 g/mol. The molecular weight excluding hydrogens is 360 g/mol. The van der Waals surface area contributed by atoms with Gasteiger partial charge in [0.2, 0.25) is 0 Å². The quantitative estimate of drug-likeness (QED) is 0.611. The molecule has 0 aliphatic carbocycles. The molecule has 1 heterocycles. The van der Waals surface area contributed by atoms with E-state index < -0.39 is 0 Å². The Hall–Kier alpha value is -3.34. The Kier molecular flexibility index (Phi) is 5.87. The summed E-state index contributed by atoms with van der Waals surface area (Å²) in [6.07, 6.45) is 3.30. The van der Waals surface area contributed by atoms with Crippen molar-refractivity contribution in [1.82, 2.24) is 4.98 Å². The third-order valence-corrected chi connectivity index (χ3v) is 4.66. The van der Waals surface area contributed by atoms with Crippen LogP contribution in [0.4, 0.5) is 22.7 Å². The Bertz CT molecular complexity index is 988. The summed E-state index contributed by atoms with van der Waals surface area (Å²) in [5, 5.41) is 6.34. The minimum Gasteiger partial charge on any atom is -0.378 e. The van der Waals surface area contributed by atoms with E-state index in [9.17, 15) is 4.79 Å². The topological polar surface area (TPSA) is 57.3 Å². The van der Waals surface area contributed by atoms with E-state index in [0.29, 0.717) is 5.56 Å². The van der Waals surface area contributed by atoms with Crippen molar-refractivity contribution < 1.29 is 4.79 Å². The lowest BCUT2D eigenvalue weighted by molar-refractivity contribution is 0.102. The van der Waals surface area contributed by atoms with Crippen LogP contribution in [0.3, 0.4) is 0 Å². The zero-order valence-electron chi connectivity index (χ0n) is 17.7.